The number of fused-ring (bicyclic) bond motifs is 1. The number of carbonyl (C=O) groups excluding carboxylic acids is 2. The van der Waals surface area contributed by atoms with E-state index in [0.29, 0.717) is 25.1 Å². The lowest BCUT2D eigenvalue weighted by atomic mass is 10.0. The van der Waals surface area contributed by atoms with Gasteiger partial charge in [-0.25, -0.2) is 4.98 Å². The Morgan fingerprint density at radius 2 is 1.80 bits per heavy atom. The van der Waals surface area contributed by atoms with Gasteiger partial charge in [0.05, 0.1) is 13.2 Å². The summed E-state index contributed by atoms with van der Waals surface area (Å²) >= 11 is 0. The maximum atomic E-state index is 12.2. The number of hydrogen-bond donors (Lipinski definition) is 4. The molecule has 0 spiro atoms. The summed E-state index contributed by atoms with van der Waals surface area (Å²) in [6, 6.07) is -0.678. The lowest BCUT2D eigenvalue weighted by molar-refractivity contribution is -0.149. The number of unbranched alkanes of at least 4 members (excludes halogenated alkanes) is 4. The van der Waals surface area contributed by atoms with Crippen molar-refractivity contribution in [1.29, 1.82) is 0 Å². The topological polar surface area (TPSA) is 179 Å². The van der Waals surface area contributed by atoms with Crippen LogP contribution in [0, 0.1) is 11.8 Å². The van der Waals surface area contributed by atoms with Crippen LogP contribution in [0.15, 0.2) is 4.79 Å². The van der Waals surface area contributed by atoms with E-state index in [1.807, 2.05) is 13.8 Å². The number of H-pyrrole nitrogens is 2. The first-order chi connectivity index (χ1) is 16.7. The average Bonchev–Trinajstić information content (AvgIpc) is 3.23. The van der Waals surface area contributed by atoms with Crippen LogP contribution in [0.1, 0.15) is 78.0 Å². The first-order valence-corrected chi connectivity index (χ1v) is 12.6. The Labute approximate surface area is 205 Å². The van der Waals surface area contributed by atoms with Crippen LogP contribution in [-0.4, -0.2) is 51.1 Å². The molecule has 0 amide bonds. The maximum Gasteiger partial charge on any atom is 0.323 e. The highest BCUT2D eigenvalue weighted by Crippen LogP contribution is 2.16. The van der Waals surface area contributed by atoms with Gasteiger partial charge >= 0.3 is 11.9 Å². The first-order valence-electron chi connectivity index (χ1n) is 12.6. The number of rotatable bonds is 16. The smallest absolute Gasteiger partial charge is 0.323 e. The number of hydrogen-bond acceptors (Lipinski definition) is 9. The molecule has 11 nitrogen and oxygen atoms in total. The minimum absolute atomic E-state index is 0.0187. The summed E-state index contributed by atoms with van der Waals surface area (Å²) in [5.74, 6) is -0.384. The molecule has 2 aromatic rings. The predicted octanol–water partition coefficient (Wildman–Crippen LogP) is 2.60. The van der Waals surface area contributed by atoms with Crippen molar-refractivity contribution in [2.75, 3.05) is 18.9 Å². The van der Waals surface area contributed by atoms with Crippen molar-refractivity contribution in [3.05, 3.63) is 16.2 Å². The molecule has 0 bridgehead atoms. The summed E-state index contributed by atoms with van der Waals surface area (Å²) in [6.45, 7) is 6.29. The van der Waals surface area contributed by atoms with E-state index in [0.717, 1.165) is 38.5 Å². The van der Waals surface area contributed by atoms with Crippen molar-refractivity contribution < 1.29 is 19.1 Å². The number of nitrogens with zero attached hydrogens (tertiary/aromatic N) is 2. The number of nitrogens with two attached hydrogens (primary N) is 2. The molecular formula is C24H40N6O5. The quantitative estimate of drug-likeness (QED) is 0.202. The van der Waals surface area contributed by atoms with Gasteiger partial charge in [-0.15, -0.1) is 0 Å². The normalized spacial score (nSPS) is 13.9. The summed E-state index contributed by atoms with van der Waals surface area (Å²) in [5.41, 5.74) is 11.6. The zero-order valence-electron chi connectivity index (χ0n) is 21.1. The van der Waals surface area contributed by atoms with E-state index in [1.165, 1.54) is 0 Å². The SMILES string of the molecule is CCCCCCCC(=O)OCC(CCOC(=O)[C@@H](N)[C@@H](C)CC)Cc1nc2nc(N)[nH]c(=O)c2[nH]1. The largest absolute Gasteiger partial charge is 0.465 e. The maximum absolute atomic E-state index is 12.2. The second kappa shape index (κ2) is 14.4. The van der Waals surface area contributed by atoms with Gasteiger partial charge in [0.2, 0.25) is 5.95 Å². The molecule has 0 aliphatic heterocycles. The minimum Gasteiger partial charge on any atom is -0.465 e. The molecule has 0 saturated carbocycles. The molecule has 0 aromatic carbocycles. The molecule has 0 fully saturated rings. The molecule has 2 rings (SSSR count). The van der Waals surface area contributed by atoms with Crippen LogP contribution in [0.25, 0.3) is 11.2 Å². The number of aromatic nitrogens is 4. The number of nitrogens with one attached hydrogen (secondary N) is 2. The zero-order valence-corrected chi connectivity index (χ0v) is 21.1. The summed E-state index contributed by atoms with van der Waals surface area (Å²) in [4.78, 5) is 50.3. The third-order valence-corrected chi connectivity index (χ3v) is 6.17. The Morgan fingerprint density at radius 1 is 1.06 bits per heavy atom. The fourth-order valence-corrected chi connectivity index (χ4v) is 3.65. The van der Waals surface area contributed by atoms with Crippen molar-refractivity contribution >= 4 is 29.1 Å². The number of esters is 2. The first kappa shape index (κ1) is 28.3. The Bertz CT molecular complexity index is 1000. The van der Waals surface area contributed by atoms with E-state index in [1.54, 1.807) is 0 Å². The van der Waals surface area contributed by atoms with Crippen LogP contribution in [0.4, 0.5) is 5.95 Å². The molecule has 2 heterocycles. The summed E-state index contributed by atoms with van der Waals surface area (Å²) in [6.07, 6.45) is 7.18. The van der Waals surface area contributed by atoms with Gasteiger partial charge in [-0.2, -0.15) is 4.98 Å². The molecule has 0 aliphatic carbocycles. The highest BCUT2D eigenvalue weighted by Gasteiger charge is 2.22. The van der Waals surface area contributed by atoms with E-state index < -0.39 is 17.6 Å². The predicted molar refractivity (Wildman–Crippen MR) is 133 cm³/mol. The van der Waals surface area contributed by atoms with Gasteiger partial charge in [0.1, 0.15) is 11.9 Å². The molecule has 6 N–H and O–H groups in total. The number of imidazole rings is 1. The van der Waals surface area contributed by atoms with E-state index in [2.05, 4.69) is 26.9 Å². The Hall–Kier alpha value is -2.95. The number of ether oxygens (including phenoxy) is 2. The number of anilines is 1. The van der Waals surface area contributed by atoms with Crippen LogP contribution in [0.2, 0.25) is 0 Å². The van der Waals surface area contributed by atoms with Gasteiger partial charge in [0.15, 0.2) is 11.2 Å². The van der Waals surface area contributed by atoms with E-state index in [-0.39, 0.29) is 48.1 Å². The van der Waals surface area contributed by atoms with Gasteiger partial charge in [-0.05, 0) is 18.8 Å². The van der Waals surface area contributed by atoms with Gasteiger partial charge in [-0.1, -0.05) is 52.9 Å². The van der Waals surface area contributed by atoms with E-state index in [4.69, 9.17) is 20.9 Å². The second-order valence-corrected chi connectivity index (χ2v) is 9.12. The molecule has 1 unspecified atom stereocenters. The Morgan fingerprint density at radius 3 is 2.51 bits per heavy atom. The van der Waals surface area contributed by atoms with Crippen molar-refractivity contribution in [3.63, 3.8) is 0 Å². The minimum atomic E-state index is -0.678. The molecule has 35 heavy (non-hydrogen) atoms. The molecular weight excluding hydrogens is 452 g/mol. The van der Waals surface area contributed by atoms with Crippen molar-refractivity contribution in [1.82, 2.24) is 19.9 Å². The van der Waals surface area contributed by atoms with Crippen molar-refractivity contribution in [2.45, 2.75) is 84.6 Å². The Kier molecular flexibility index (Phi) is 11.7. The fourth-order valence-electron chi connectivity index (χ4n) is 3.65. The molecule has 0 aliphatic rings. The average molecular weight is 493 g/mol. The van der Waals surface area contributed by atoms with Crippen LogP contribution < -0.4 is 17.0 Å². The lowest BCUT2D eigenvalue weighted by Crippen LogP contribution is -2.38. The van der Waals surface area contributed by atoms with E-state index >= 15 is 0 Å². The summed E-state index contributed by atoms with van der Waals surface area (Å²) in [5, 5.41) is 0. The fraction of sp³-hybridized carbons (Fsp3) is 0.708. The van der Waals surface area contributed by atoms with E-state index in [9.17, 15) is 14.4 Å². The van der Waals surface area contributed by atoms with Gasteiger partial charge < -0.3 is 25.9 Å². The third-order valence-electron chi connectivity index (χ3n) is 6.17. The molecule has 0 radical (unpaired) electrons. The molecule has 2 aromatic heterocycles. The molecule has 11 heteroatoms. The Balaban J connectivity index is 1.97. The highest BCUT2D eigenvalue weighted by molar-refractivity contribution is 5.75. The van der Waals surface area contributed by atoms with Crippen LogP contribution >= 0.6 is 0 Å². The van der Waals surface area contributed by atoms with Crippen LogP contribution in [0.3, 0.4) is 0 Å². The van der Waals surface area contributed by atoms with Crippen molar-refractivity contribution in [3.8, 4) is 0 Å². The number of carbonyl (C=O) groups is 2. The van der Waals surface area contributed by atoms with Gasteiger partial charge in [-0.3, -0.25) is 19.4 Å². The van der Waals surface area contributed by atoms with Gasteiger partial charge in [0, 0.05) is 18.8 Å². The number of nitrogen functional groups attached to an aromatic ring is 1. The third kappa shape index (κ3) is 9.31. The summed E-state index contributed by atoms with van der Waals surface area (Å²) < 4.78 is 10.9. The highest BCUT2D eigenvalue weighted by atomic mass is 16.5. The van der Waals surface area contributed by atoms with Crippen molar-refractivity contribution in [2.24, 2.45) is 17.6 Å². The lowest BCUT2D eigenvalue weighted by Gasteiger charge is -2.19. The zero-order chi connectivity index (χ0) is 25.8. The standard InChI is InChI=1S/C24H40N6O5/c1-4-6-7-8-9-10-18(31)35-14-16(11-12-34-23(33)19(25)15(3)5-2)13-17-27-20-21(28-17)29-24(26)30-22(20)32/h15-16,19H,4-14,25H2,1-3H3,(H4,26,27,28,29,30,32)/t15-,16?,19-/m0/s1. The van der Waals surface area contributed by atoms with Crippen LogP contribution in [-0.2, 0) is 25.5 Å². The monoisotopic (exact) mass is 492 g/mol. The second-order valence-electron chi connectivity index (χ2n) is 9.12. The molecule has 3 atom stereocenters. The molecule has 196 valence electrons. The number of aromatic amines is 2. The summed E-state index contributed by atoms with van der Waals surface area (Å²) in [7, 11) is 0. The molecule has 0 saturated heterocycles. The van der Waals surface area contributed by atoms with Crippen LogP contribution in [0.5, 0.6) is 0 Å². The van der Waals surface area contributed by atoms with Gasteiger partial charge in [0.25, 0.3) is 5.56 Å².